The van der Waals surface area contributed by atoms with Gasteiger partial charge in [0.2, 0.25) is 0 Å². The third-order valence-corrected chi connectivity index (χ3v) is 3.09. The molecule has 1 rings (SSSR count). The van der Waals surface area contributed by atoms with Crippen molar-refractivity contribution in [2.75, 3.05) is 13.0 Å². The Kier molecular flexibility index (Phi) is 4.72. The number of amides is 1. The number of nitrogens with zero attached hydrogens (tertiary/aromatic N) is 1. The van der Waals surface area contributed by atoms with E-state index in [1.165, 1.54) is 25.3 Å². The number of nitro benzene ring substituents is 1. The molecule has 1 aromatic carbocycles. The first-order chi connectivity index (χ1) is 8.80. The first-order valence-corrected chi connectivity index (χ1v) is 6.05. The van der Waals surface area contributed by atoms with Gasteiger partial charge in [0.15, 0.2) is 5.75 Å². The lowest BCUT2D eigenvalue weighted by Gasteiger charge is -2.23. The summed E-state index contributed by atoms with van der Waals surface area (Å²) in [5.41, 5.74) is -0.655. The summed E-state index contributed by atoms with van der Waals surface area (Å²) in [5, 5.41) is 13.6. The van der Waals surface area contributed by atoms with E-state index in [1.807, 2.05) is 0 Å². The molecule has 6 nitrogen and oxygen atoms in total. The molecule has 0 saturated heterocycles. The van der Waals surface area contributed by atoms with Crippen LogP contribution in [0.1, 0.15) is 24.2 Å². The molecule has 7 heteroatoms. The van der Waals surface area contributed by atoms with Crippen LogP contribution in [0.4, 0.5) is 5.69 Å². The third kappa shape index (κ3) is 3.82. The molecule has 1 aromatic rings. The quantitative estimate of drug-likeness (QED) is 0.512. The van der Waals surface area contributed by atoms with Gasteiger partial charge in [-0.2, -0.15) is 0 Å². The van der Waals surface area contributed by atoms with Crippen LogP contribution in [0.3, 0.4) is 0 Å². The highest BCUT2D eigenvalue weighted by Gasteiger charge is 2.23. The van der Waals surface area contributed by atoms with Crippen molar-refractivity contribution in [1.82, 2.24) is 5.32 Å². The van der Waals surface area contributed by atoms with Crippen molar-refractivity contribution in [3.63, 3.8) is 0 Å². The minimum absolute atomic E-state index is 0.109. The van der Waals surface area contributed by atoms with Gasteiger partial charge in [-0.05, 0) is 26.0 Å². The fourth-order valence-electron chi connectivity index (χ4n) is 1.39. The van der Waals surface area contributed by atoms with Gasteiger partial charge in [0, 0.05) is 23.0 Å². The van der Waals surface area contributed by atoms with E-state index in [-0.39, 0.29) is 22.9 Å². The minimum atomic E-state index is -0.595. The second-order valence-corrected chi connectivity index (χ2v) is 4.88. The zero-order valence-electron chi connectivity index (χ0n) is 10.9. The summed E-state index contributed by atoms with van der Waals surface area (Å²) in [5.74, 6) is -0.0775. The molecule has 0 spiro atoms. The van der Waals surface area contributed by atoms with E-state index in [1.54, 1.807) is 13.8 Å². The third-order valence-electron chi connectivity index (χ3n) is 2.42. The Hall–Kier alpha value is -1.82. The molecule has 104 valence electrons. The molecule has 0 radical (unpaired) electrons. The van der Waals surface area contributed by atoms with Gasteiger partial charge in [-0.15, -0.1) is 11.6 Å². The van der Waals surface area contributed by atoms with Crippen molar-refractivity contribution in [2.45, 2.75) is 19.4 Å². The predicted octanol–water partition coefficient (Wildman–Crippen LogP) is 2.35. The highest BCUT2D eigenvalue weighted by atomic mass is 35.5. The van der Waals surface area contributed by atoms with Crippen LogP contribution in [0, 0.1) is 10.1 Å². The molecule has 0 aliphatic heterocycles. The first-order valence-electron chi connectivity index (χ1n) is 5.51. The Bertz CT molecular complexity index is 503. The number of ether oxygens (including phenoxy) is 1. The molecule has 19 heavy (non-hydrogen) atoms. The maximum atomic E-state index is 12.0. The SMILES string of the molecule is COc1ccc(C(=O)NC(C)(C)CCl)cc1[N+](=O)[O-]. The number of carbonyl (C=O) groups is 1. The summed E-state index contributed by atoms with van der Waals surface area (Å²) < 4.78 is 4.87. The number of benzene rings is 1. The van der Waals surface area contributed by atoms with Gasteiger partial charge in [0.05, 0.1) is 12.0 Å². The van der Waals surface area contributed by atoms with Gasteiger partial charge in [-0.3, -0.25) is 14.9 Å². The smallest absolute Gasteiger partial charge is 0.311 e. The fraction of sp³-hybridized carbons (Fsp3) is 0.417. The molecular formula is C12H15ClN2O4. The predicted molar refractivity (Wildman–Crippen MR) is 71.9 cm³/mol. The van der Waals surface area contributed by atoms with Gasteiger partial charge in [-0.25, -0.2) is 0 Å². The van der Waals surface area contributed by atoms with Crippen LogP contribution in [0.5, 0.6) is 5.75 Å². The Balaban J connectivity index is 3.06. The number of nitro groups is 1. The molecule has 0 atom stereocenters. The maximum Gasteiger partial charge on any atom is 0.311 e. The lowest BCUT2D eigenvalue weighted by atomic mass is 10.1. The van der Waals surface area contributed by atoms with Crippen LogP contribution < -0.4 is 10.1 Å². The number of hydrogen-bond donors (Lipinski definition) is 1. The topological polar surface area (TPSA) is 81.5 Å². The van der Waals surface area contributed by atoms with E-state index in [2.05, 4.69) is 5.32 Å². The van der Waals surface area contributed by atoms with E-state index in [4.69, 9.17) is 16.3 Å². The zero-order valence-corrected chi connectivity index (χ0v) is 11.7. The van der Waals surface area contributed by atoms with E-state index in [0.717, 1.165) is 0 Å². The molecule has 0 aromatic heterocycles. The van der Waals surface area contributed by atoms with Crippen LogP contribution in [0.25, 0.3) is 0 Å². The van der Waals surface area contributed by atoms with Crippen LogP contribution in [0.15, 0.2) is 18.2 Å². The van der Waals surface area contributed by atoms with Crippen molar-refractivity contribution in [2.24, 2.45) is 0 Å². The second-order valence-electron chi connectivity index (χ2n) is 4.62. The number of hydrogen-bond acceptors (Lipinski definition) is 4. The van der Waals surface area contributed by atoms with Crippen molar-refractivity contribution < 1.29 is 14.5 Å². The van der Waals surface area contributed by atoms with Crippen LogP contribution in [-0.2, 0) is 0 Å². The van der Waals surface area contributed by atoms with Gasteiger partial charge >= 0.3 is 5.69 Å². The Morgan fingerprint density at radius 3 is 2.63 bits per heavy atom. The van der Waals surface area contributed by atoms with Gasteiger partial charge in [0.1, 0.15) is 0 Å². The summed E-state index contributed by atoms with van der Waals surface area (Å²) in [6.45, 7) is 3.52. The van der Waals surface area contributed by atoms with Crippen LogP contribution in [-0.4, -0.2) is 29.4 Å². The van der Waals surface area contributed by atoms with Crippen molar-refractivity contribution >= 4 is 23.2 Å². The summed E-state index contributed by atoms with van der Waals surface area (Å²) in [4.78, 5) is 22.2. The normalized spacial score (nSPS) is 10.9. The molecule has 1 N–H and O–H groups in total. The second kappa shape index (κ2) is 5.88. The minimum Gasteiger partial charge on any atom is -0.490 e. The van der Waals surface area contributed by atoms with E-state index in [0.29, 0.717) is 0 Å². The fourth-order valence-corrected chi connectivity index (χ4v) is 1.45. The average molecular weight is 287 g/mol. The Labute approximate surface area is 115 Å². The van der Waals surface area contributed by atoms with Crippen LogP contribution in [0.2, 0.25) is 0 Å². The van der Waals surface area contributed by atoms with Crippen molar-refractivity contribution in [3.05, 3.63) is 33.9 Å². The lowest BCUT2D eigenvalue weighted by molar-refractivity contribution is -0.385. The molecular weight excluding hydrogens is 272 g/mol. The summed E-state index contributed by atoms with van der Waals surface area (Å²) >= 11 is 5.71. The van der Waals surface area contributed by atoms with Gasteiger partial charge in [0.25, 0.3) is 5.91 Å². The number of methoxy groups -OCH3 is 1. The number of rotatable bonds is 5. The van der Waals surface area contributed by atoms with E-state index in [9.17, 15) is 14.9 Å². The Morgan fingerprint density at radius 2 is 2.16 bits per heavy atom. The van der Waals surface area contributed by atoms with Crippen molar-refractivity contribution in [1.29, 1.82) is 0 Å². The number of halogens is 1. The van der Waals surface area contributed by atoms with Crippen molar-refractivity contribution in [3.8, 4) is 5.75 Å². The van der Waals surface area contributed by atoms with Gasteiger partial charge in [-0.1, -0.05) is 0 Å². The highest BCUT2D eigenvalue weighted by molar-refractivity contribution is 6.18. The van der Waals surface area contributed by atoms with Crippen LogP contribution >= 0.6 is 11.6 Å². The zero-order chi connectivity index (χ0) is 14.6. The molecule has 0 aliphatic rings. The molecule has 0 bridgehead atoms. The lowest BCUT2D eigenvalue weighted by Crippen LogP contribution is -2.44. The average Bonchev–Trinajstić information content (AvgIpc) is 2.37. The molecule has 0 heterocycles. The first kappa shape index (κ1) is 15.2. The summed E-state index contributed by atoms with van der Waals surface area (Å²) in [7, 11) is 1.33. The standard InChI is InChI=1S/C12H15ClN2O4/c1-12(2,7-13)14-11(16)8-4-5-10(19-3)9(6-8)15(17)18/h4-6H,7H2,1-3H3,(H,14,16). The monoisotopic (exact) mass is 286 g/mol. The molecule has 0 unspecified atom stereocenters. The molecule has 0 fully saturated rings. The van der Waals surface area contributed by atoms with E-state index < -0.39 is 16.4 Å². The highest BCUT2D eigenvalue weighted by Crippen LogP contribution is 2.27. The van der Waals surface area contributed by atoms with E-state index >= 15 is 0 Å². The Morgan fingerprint density at radius 1 is 1.53 bits per heavy atom. The summed E-state index contributed by atoms with van der Waals surface area (Å²) in [6, 6.07) is 4.03. The number of nitrogens with one attached hydrogen (secondary N) is 1. The molecule has 1 amide bonds. The van der Waals surface area contributed by atoms with Gasteiger partial charge < -0.3 is 10.1 Å². The molecule has 0 aliphatic carbocycles. The largest absolute Gasteiger partial charge is 0.490 e. The number of alkyl halides is 1. The number of carbonyl (C=O) groups excluding carboxylic acids is 1. The summed E-state index contributed by atoms with van der Waals surface area (Å²) in [6.07, 6.45) is 0. The molecule has 0 saturated carbocycles. The maximum absolute atomic E-state index is 12.0.